The minimum Gasteiger partial charge on any atom is -0.423 e. The third-order valence-electron chi connectivity index (χ3n) is 5.95. The van der Waals surface area contributed by atoms with Crippen LogP contribution in [0.2, 0.25) is 0 Å². The maximum atomic E-state index is 13.5. The first-order valence-electron chi connectivity index (χ1n) is 13.1. The average Bonchev–Trinajstić information content (AvgIpc) is 3.35. The van der Waals surface area contributed by atoms with Gasteiger partial charge in [-0.1, -0.05) is 52.3 Å². The van der Waals surface area contributed by atoms with Crippen LogP contribution in [0.5, 0.6) is 0 Å². The molecule has 39 heavy (non-hydrogen) atoms. The number of guanidine groups is 1. The lowest BCUT2D eigenvalue weighted by Crippen LogP contribution is -2.39. The smallest absolute Gasteiger partial charge is 0.302 e. The largest absolute Gasteiger partial charge is 0.423 e. The number of carbonyl (C=O) groups is 1. The number of allylic oxidation sites excluding steroid dienone is 2. The Hall–Kier alpha value is -3.79. The number of hydrogen-bond acceptors (Lipinski definition) is 8. The molecule has 0 saturated heterocycles. The van der Waals surface area contributed by atoms with E-state index in [1.807, 2.05) is 58.0 Å². The van der Waals surface area contributed by atoms with Crippen molar-refractivity contribution in [3.8, 4) is 0 Å². The molecule has 1 aliphatic heterocycles. The highest BCUT2D eigenvalue weighted by Crippen LogP contribution is 2.34. The Balaban J connectivity index is 0.00000205. The number of aliphatic imine (C=N–C) groups is 2. The number of amides is 1. The van der Waals surface area contributed by atoms with E-state index >= 15 is 0 Å². The van der Waals surface area contributed by atoms with Gasteiger partial charge < -0.3 is 15.1 Å². The van der Waals surface area contributed by atoms with Crippen molar-refractivity contribution in [2.75, 3.05) is 11.9 Å². The van der Waals surface area contributed by atoms with E-state index in [-0.39, 0.29) is 5.91 Å². The van der Waals surface area contributed by atoms with Gasteiger partial charge in [0.15, 0.2) is 5.58 Å². The monoisotopic (exact) mass is 593 g/mol. The molecular weight excluding hydrogens is 558 g/mol. The standard InChI is InChI=1S/C27H30BrN7O2.C2H6/c1-5-16(3)13-18(30-6-2)14-31-25(36)23-17(4)32-26(34-24(23)19-11-12-29-15-20(19)28)35-27-33-21-9-7-8-10-22(21)37-27;1-2/h6-13,15-16,24H,5,14H2,1-4H3,(H,31,36)(H2,32,33,34,35);1-2H3/b18-13-,30-6?;. The van der Waals surface area contributed by atoms with E-state index in [0.29, 0.717) is 41.3 Å². The highest BCUT2D eigenvalue weighted by atomic mass is 79.9. The van der Waals surface area contributed by atoms with Gasteiger partial charge >= 0.3 is 6.01 Å². The molecule has 0 fully saturated rings. The van der Waals surface area contributed by atoms with Crippen molar-refractivity contribution >= 4 is 51.1 Å². The maximum absolute atomic E-state index is 13.5. The van der Waals surface area contributed by atoms with E-state index in [9.17, 15) is 4.79 Å². The van der Waals surface area contributed by atoms with Gasteiger partial charge in [0.1, 0.15) is 11.6 Å². The number of carbonyl (C=O) groups excluding carboxylic acids is 1. The van der Waals surface area contributed by atoms with Gasteiger partial charge in [0.05, 0.1) is 17.8 Å². The quantitative estimate of drug-likeness (QED) is 0.255. The third kappa shape index (κ3) is 7.63. The van der Waals surface area contributed by atoms with Crippen LogP contribution in [0, 0.1) is 5.92 Å². The van der Waals surface area contributed by atoms with Gasteiger partial charge in [0, 0.05) is 28.8 Å². The SMILES string of the molecule is CC.CC=N/C(=C\C(C)CC)CNC(=O)C1=C(C)NC(Nc2nc3ccccc3o2)=NC1c1ccncc1Br. The van der Waals surface area contributed by atoms with Crippen LogP contribution in [0.15, 0.2) is 84.6 Å². The molecule has 0 bridgehead atoms. The number of hydrogen-bond donors (Lipinski definition) is 3. The molecule has 3 heterocycles. The van der Waals surface area contributed by atoms with Gasteiger partial charge in [-0.25, -0.2) is 4.99 Å². The lowest BCUT2D eigenvalue weighted by molar-refractivity contribution is -0.117. The number of benzene rings is 1. The molecule has 3 aromatic rings. The number of aromatic nitrogens is 2. The van der Waals surface area contributed by atoms with Crippen LogP contribution in [-0.4, -0.2) is 34.6 Å². The summed E-state index contributed by atoms with van der Waals surface area (Å²) in [4.78, 5) is 31.4. The van der Waals surface area contributed by atoms with Crippen molar-refractivity contribution in [3.63, 3.8) is 0 Å². The topological polar surface area (TPSA) is 117 Å². The van der Waals surface area contributed by atoms with E-state index in [1.54, 1.807) is 18.6 Å². The number of nitrogens with one attached hydrogen (secondary N) is 3. The second kappa shape index (κ2) is 14.4. The fraction of sp³-hybridized carbons (Fsp3) is 0.345. The molecule has 0 aliphatic carbocycles. The summed E-state index contributed by atoms with van der Waals surface area (Å²) < 4.78 is 6.54. The molecule has 0 spiro atoms. The number of pyridine rings is 1. The summed E-state index contributed by atoms with van der Waals surface area (Å²) in [6.45, 7) is 12.3. The van der Waals surface area contributed by atoms with Gasteiger partial charge in [-0.2, -0.15) is 4.98 Å². The van der Waals surface area contributed by atoms with Gasteiger partial charge in [-0.3, -0.25) is 20.1 Å². The Labute approximate surface area is 238 Å². The second-order valence-corrected chi connectivity index (χ2v) is 9.52. The zero-order chi connectivity index (χ0) is 28.4. The molecule has 1 amide bonds. The molecule has 0 saturated carbocycles. The summed E-state index contributed by atoms with van der Waals surface area (Å²) in [6, 6.07) is 9.06. The number of fused-ring (bicyclic) bond motifs is 1. The van der Waals surface area contributed by atoms with Crippen molar-refractivity contribution in [1.29, 1.82) is 0 Å². The lowest BCUT2D eigenvalue weighted by atomic mass is 9.96. The predicted octanol–water partition coefficient (Wildman–Crippen LogP) is 6.53. The molecule has 1 aromatic carbocycles. The summed E-state index contributed by atoms with van der Waals surface area (Å²) in [6.07, 6.45) is 8.18. The van der Waals surface area contributed by atoms with E-state index in [0.717, 1.165) is 27.7 Å². The molecule has 2 unspecified atom stereocenters. The zero-order valence-corrected chi connectivity index (χ0v) is 24.8. The number of halogens is 1. The van der Waals surface area contributed by atoms with Crippen LogP contribution in [0.25, 0.3) is 11.1 Å². The third-order valence-corrected chi connectivity index (χ3v) is 6.61. The van der Waals surface area contributed by atoms with Crippen LogP contribution >= 0.6 is 15.9 Å². The lowest BCUT2D eigenvalue weighted by Gasteiger charge is -2.27. The molecule has 3 N–H and O–H groups in total. The molecule has 10 heteroatoms. The summed E-state index contributed by atoms with van der Waals surface area (Å²) in [7, 11) is 0. The summed E-state index contributed by atoms with van der Waals surface area (Å²) in [5.41, 5.74) is 4.18. The Morgan fingerprint density at radius 3 is 2.74 bits per heavy atom. The number of oxazole rings is 1. The minimum atomic E-state index is -0.595. The highest BCUT2D eigenvalue weighted by molar-refractivity contribution is 9.10. The van der Waals surface area contributed by atoms with Crippen molar-refractivity contribution in [2.45, 2.75) is 54.0 Å². The molecule has 2 atom stereocenters. The normalized spacial score (nSPS) is 16.3. The van der Waals surface area contributed by atoms with Gasteiger partial charge in [0.25, 0.3) is 5.91 Å². The molecular formula is C29H36BrN7O2. The fourth-order valence-electron chi connectivity index (χ4n) is 3.92. The van der Waals surface area contributed by atoms with Crippen molar-refractivity contribution in [2.24, 2.45) is 15.9 Å². The van der Waals surface area contributed by atoms with Gasteiger partial charge in [-0.05, 0) is 59.5 Å². The first-order valence-corrected chi connectivity index (χ1v) is 13.9. The molecule has 4 rings (SSSR count). The first-order chi connectivity index (χ1) is 18.9. The fourth-order valence-corrected chi connectivity index (χ4v) is 4.39. The number of para-hydroxylation sites is 2. The highest BCUT2D eigenvalue weighted by Gasteiger charge is 2.31. The van der Waals surface area contributed by atoms with Crippen LogP contribution in [-0.2, 0) is 4.79 Å². The molecule has 0 radical (unpaired) electrons. The van der Waals surface area contributed by atoms with Crippen LogP contribution in [0.1, 0.15) is 59.6 Å². The number of nitrogens with zero attached hydrogens (tertiary/aromatic N) is 4. The van der Waals surface area contributed by atoms with Crippen LogP contribution < -0.4 is 16.0 Å². The van der Waals surface area contributed by atoms with Gasteiger partial charge in [-0.15, -0.1) is 0 Å². The van der Waals surface area contributed by atoms with Crippen molar-refractivity contribution in [3.05, 3.63) is 75.8 Å². The van der Waals surface area contributed by atoms with E-state index in [4.69, 9.17) is 9.41 Å². The number of rotatable bonds is 8. The molecule has 2 aromatic heterocycles. The zero-order valence-electron chi connectivity index (χ0n) is 23.2. The van der Waals surface area contributed by atoms with Crippen LogP contribution in [0.4, 0.5) is 6.01 Å². The first kappa shape index (κ1) is 29.8. The Bertz CT molecular complexity index is 1370. The van der Waals surface area contributed by atoms with Crippen molar-refractivity contribution in [1.82, 2.24) is 20.6 Å². The molecule has 206 valence electrons. The summed E-state index contributed by atoms with van der Waals surface area (Å²) in [5.74, 6) is 0.547. The number of anilines is 1. The second-order valence-electron chi connectivity index (χ2n) is 8.67. The predicted molar refractivity (Wildman–Crippen MR) is 162 cm³/mol. The van der Waals surface area contributed by atoms with E-state index in [1.165, 1.54) is 0 Å². The van der Waals surface area contributed by atoms with Crippen LogP contribution in [0.3, 0.4) is 0 Å². The summed E-state index contributed by atoms with van der Waals surface area (Å²) in [5, 5.41) is 9.33. The maximum Gasteiger partial charge on any atom is 0.302 e. The van der Waals surface area contributed by atoms with Gasteiger partial charge in [0.2, 0.25) is 5.96 Å². The summed E-state index contributed by atoms with van der Waals surface area (Å²) >= 11 is 3.57. The van der Waals surface area contributed by atoms with E-state index < -0.39 is 6.04 Å². The van der Waals surface area contributed by atoms with Crippen molar-refractivity contribution < 1.29 is 9.21 Å². The minimum absolute atomic E-state index is 0.232. The molecule has 9 nitrogen and oxygen atoms in total. The Morgan fingerprint density at radius 2 is 2.05 bits per heavy atom. The van der Waals surface area contributed by atoms with E-state index in [2.05, 4.69) is 66.8 Å². The Morgan fingerprint density at radius 1 is 1.28 bits per heavy atom. The molecule has 1 aliphatic rings. The Kier molecular flexibility index (Phi) is 11.0. The average molecular weight is 595 g/mol.